The number of aliphatic hydroxyl groups excluding tert-OH is 1. The summed E-state index contributed by atoms with van der Waals surface area (Å²) in [7, 11) is 0. The van der Waals surface area contributed by atoms with Crippen LogP contribution in [0.5, 0.6) is 0 Å². The number of hydrogen-bond donors (Lipinski definition) is 1. The molecule has 1 N–H and O–H groups in total. The molecule has 20 heavy (non-hydrogen) atoms. The van der Waals surface area contributed by atoms with E-state index in [-0.39, 0.29) is 12.5 Å². The van der Waals surface area contributed by atoms with Crippen LogP contribution in [0.3, 0.4) is 0 Å². The van der Waals surface area contributed by atoms with Crippen LogP contribution in [0.2, 0.25) is 0 Å². The van der Waals surface area contributed by atoms with Crippen LogP contribution in [0.4, 0.5) is 0 Å². The number of carbonyl (C=O) groups excluding carboxylic acids is 1. The van der Waals surface area contributed by atoms with Crippen molar-refractivity contribution in [2.45, 2.75) is 19.8 Å². The van der Waals surface area contributed by atoms with Crippen LogP contribution in [-0.2, 0) is 11.2 Å². The van der Waals surface area contributed by atoms with Gasteiger partial charge in [0.1, 0.15) is 0 Å². The number of aliphatic hydroxyl groups is 1. The van der Waals surface area contributed by atoms with Gasteiger partial charge in [-0.05, 0) is 18.4 Å². The predicted molar refractivity (Wildman–Crippen MR) is 75.3 cm³/mol. The van der Waals surface area contributed by atoms with Crippen molar-refractivity contribution < 1.29 is 14.3 Å². The number of rotatable bonds is 7. The van der Waals surface area contributed by atoms with Gasteiger partial charge < -0.3 is 14.4 Å². The molecule has 0 unspecified atom stereocenters. The summed E-state index contributed by atoms with van der Waals surface area (Å²) in [6, 6.07) is 1.91. The molecule has 0 saturated heterocycles. The molecule has 2 aromatic rings. The van der Waals surface area contributed by atoms with Crippen molar-refractivity contribution in [3.63, 3.8) is 0 Å². The van der Waals surface area contributed by atoms with Gasteiger partial charge in [-0.3, -0.25) is 4.79 Å². The number of thiophene rings is 1. The Morgan fingerprint density at radius 1 is 1.50 bits per heavy atom. The average molecular weight is 295 g/mol. The number of aromatic nitrogens is 2. The van der Waals surface area contributed by atoms with Crippen molar-refractivity contribution in [1.82, 2.24) is 15.1 Å². The Hall–Kier alpha value is -1.73. The summed E-state index contributed by atoms with van der Waals surface area (Å²) in [5, 5.41) is 20.7. The second-order valence-corrected chi connectivity index (χ2v) is 4.99. The van der Waals surface area contributed by atoms with Gasteiger partial charge in [0.15, 0.2) is 0 Å². The molecular weight excluding hydrogens is 278 g/mol. The molecule has 6 nitrogen and oxygen atoms in total. The van der Waals surface area contributed by atoms with E-state index in [0.29, 0.717) is 37.7 Å². The van der Waals surface area contributed by atoms with Crippen LogP contribution < -0.4 is 0 Å². The first kappa shape index (κ1) is 14.7. The van der Waals surface area contributed by atoms with Crippen molar-refractivity contribution in [2.75, 3.05) is 19.7 Å². The number of nitrogens with zero attached hydrogens (tertiary/aromatic N) is 3. The first-order valence-electron chi connectivity index (χ1n) is 6.48. The molecule has 2 rings (SSSR count). The molecule has 0 bridgehead atoms. The number of hydrogen-bond acceptors (Lipinski definition) is 6. The highest BCUT2D eigenvalue weighted by atomic mass is 32.1. The molecule has 108 valence electrons. The Bertz CT molecular complexity index is 539. The van der Waals surface area contributed by atoms with Gasteiger partial charge in [0.05, 0.1) is 6.61 Å². The largest absolute Gasteiger partial charge is 0.421 e. The number of likely N-dealkylation sites (N-methyl/N-ethyl adjacent to an activating group) is 1. The molecule has 7 heteroatoms. The van der Waals surface area contributed by atoms with E-state index in [0.717, 1.165) is 5.56 Å². The summed E-state index contributed by atoms with van der Waals surface area (Å²) < 4.78 is 5.52. The van der Waals surface area contributed by atoms with E-state index in [4.69, 9.17) is 9.52 Å². The van der Waals surface area contributed by atoms with Crippen molar-refractivity contribution in [2.24, 2.45) is 0 Å². The van der Waals surface area contributed by atoms with Crippen LogP contribution in [-0.4, -0.2) is 45.8 Å². The zero-order valence-corrected chi connectivity index (χ0v) is 12.1. The summed E-state index contributed by atoms with van der Waals surface area (Å²) in [6.45, 7) is 2.81. The summed E-state index contributed by atoms with van der Waals surface area (Å²) >= 11 is 1.56. The summed E-state index contributed by atoms with van der Waals surface area (Å²) in [4.78, 5) is 13.5. The molecule has 2 heterocycles. The fourth-order valence-electron chi connectivity index (χ4n) is 1.81. The molecule has 0 spiro atoms. The average Bonchev–Trinajstić information content (AvgIpc) is 3.12. The second-order valence-electron chi connectivity index (χ2n) is 4.21. The maximum Gasteiger partial charge on any atom is 0.248 e. The number of carbonyl (C=O) groups is 1. The third kappa shape index (κ3) is 3.64. The topological polar surface area (TPSA) is 79.5 Å². The van der Waals surface area contributed by atoms with Crippen molar-refractivity contribution >= 4 is 17.2 Å². The first-order chi connectivity index (χ1) is 9.74. The zero-order chi connectivity index (χ0) is 14.4. The highest BCUT2D eigenvalue weighted by molar-refractivity contribution is 7.08. The Balaban J connectivity index is 1.90. The molecule has 0 aliphatic rings. The Kier molecular flexibility index (Phi) is 5.25. The molecule has 0 radical (unpaired) electrons. The minimum atomic E-state index is -0.0254. The first-order valence-corrected chi connectivity index (χ1v) is 7.42. The number of amides is 1. The monoisotopic (exact) mass is 295 g/mol. The van der Waals surface area contributed by atoms with Crippen molar-refractivity contribution in [3.8, 4) is 11.5 Å². The van der Waals surface area contributed by atoms with E-state index in [1.54, 1.807) is 16.2 Å². The van der Waals surface area contributed by atoms with Crippen LogP contribution in [0, 0.1) is 0 Å². The van der Waals surface area contributed by atoms with Gasteiger partial charge in [0, 0.05) is 36.9 Å². The maximum absolute atomic E-state index is 11.9. The summed E-state index contributed by atoms with van der Waals surface area (Å²) in [5.41, 5.74) is 0.899. The fourth-order valence-corrected chi connectivity index (χ4v) is 2.44. The molecule has 2 aromatic heterocycles. The van der Waals surface area contributed by atoms with Gasteiger partial charge in [-0.25, -0.2) is 0 Å². The Labute approximate surface area is 121 Å². The smallest absolute Gasteiger partial charge is 0.248 e. The Morgan fingerprint density at radius 3 is 3.00 bits per heavy atom. The van der Waals surface area contributed by atoms with E-state index >= 15 is 0 Å². The van der Waals surface area contributed by atoms with Crippen LogP contribution >= 0.6 is 11.3 Å². The standard InChI is InChI=1S/C13H17N3O3S/c1-2-16(6-7-17)12(18)4-3-11-14-15-13(19-11)10-5-8-20-9-10/h5,8-9,17H,2-4,6-7H2,1H3. The minimum Gasteiger partial charge on any atom is -0.421 e. The highest BCUT2D eigenvalue weighted by Gasteiger charge is 2.14. The van der Waals surface area contributed by atoms with E-state index in [9.17, 15) is 4.79 Å². The van der Waals surface area contributed by atoms with E-state index in [1.807, 2.05) is 23.8 Å². The third-order valence-corrected chi connectivity index (χ3v) is 3.58. The van der Waals surface area contributed by atoms with Gasteiger partial charge in [-0.15, -0.1) is 10.2 Å². The third-order valence-electron chi connectivity index (χ3n) is 2.89. The fraction of sp³-hybridized carbons (Fsp3) is 0.462. The van der Waals surface area contributed by atoms with E-state index < -0.39 is 0 Å². The summed E-state index contributed by atoms with van der Waals surface area (Å²) in [6.07, 6.45) is 0.719. The quantitative estimate of drug-likeness (QED) is 0.838. The van der Waals surface area contributed by atoms with Gasteiger partial charge >= 0.3 is 0 Å². The predicted octanol–water partition coefficient (Wildman–Crippen LogP) is 1.57. The lowest BCUT2D eigenvalue weighted by molar-refractivity contribution is -0.131. The number of aryl methyl sites for hydroxylation is 1. The van der Waals surface area contributed by atoms with Crippen molar-refractivity contribution in [1.29, 1.82) is 0 Å². The summed E-state index contributed by atoms with van der Waals surface area (Å²) in [5.74, 6) is 0.924. The molecule has 0 aromatic carbocycles. The van der Waals surface area contributed by atoms with Gasteiger partial charge in [0.2, 0.25) is 17.7 Å². The van der Waals surface area contributed by atoms with Gasteiger partial charge in [0.25, 0.3) is 0 Å². The normalized spacial score (nSPS) is 10.7. The lowest BCUT2D eigenvalue weighted by Crippen LogP contribution is -2.33. The van der Waals surface area contributed by atoms with E-state index in [1.165, 1.54) is 0 Å². The lowest BCUT2D eigenvalue weighted by atomic mass is 10.2. The molecule has 0 aliphatic carbocycles. The molecule has 0 aliphatic heterocycles. The van der Waals surface area contributed by atoms with E-state index in [2.05, 4.69) is 10.2 Å². The lowest BCUT2D eigenvalue weighted by Gasteiger charge is -2.18. The van der Waals surface area contributed by atoms with Crippen LogP contribution in [0.25, 0.3) is 11.5 Å². The Morgan fingerprint density at radius 2 is 2.35 bits per heavy atom. The van der Waals surface area contributed by atoms with Crippen LogP contribution in [0.15, 0.2) is 21.2 Å². The maximum atomic E-state index is 11.9. The highest BCUT2D eigenvalue weighted by Crippen LogP contribution is 2.20. The van der Waals surface area contributed by atoms with Crippen LogP contribution in [0.1, 0.15) is 19.2 Å². The van der Waals surface area contributed by atoms with Gasteiger partial charge in [-0.2, -0.15) is 11.3 Å². The zero-order valence-electron chi connectivity index (χ0n) is 11.3. The molecule has 0 atom stereocenters. The van der Waals surface area contributed by atoms with Crippen molar-refractivity contribution in [3.05, 3.63) is 22.7 Å². The molecular formula is C13H17N3O3S. The van der Waals surface area contributed by atoms with Gasteiger partial charge in [-0.1, -0.05) is 0 Å². The second kappa shape index (κ2) is 7.16. The molecule has 1 amide bonds. The molecule has 0 fully saturated rings. The minimum absolute atomic E-state index is 0.0168. The SMILES string of the molecule is CCN(CCO)C(=O)CCc1nnc(-c2ccsc2)o1. The molecule has 0 saturated carbocycles.